The highest BCUT2D eigenvalue weighted by Crippen LogP contribution is 2.46. The van der Waals surface area contributed by atoms with E-state index in [9.17, 15) is 4.79 Å². The Labute approximate surface area is 149 Å². The molecule has 0 aliphatic heterocycles. The topological polar surface area (TPSA) is 60.9 Å². The zero-order chi connectivity index (χ0) is 17.0. The third-order valence-corrected chi connectivity index (χ3v) is 5.92. The minimum absolute atomic E-state index is 0.0111. The van der Waals surface area contributed by atoms with Crippen LogP contribution >= 0.6 is 11.8 Å². The van der Waals surface area contributed by atoms with Crippen LogP contribution in [-0.2, 0) is 0 Å². The van der Waals surface area contributed by atoms with Crippen molar-refractivity contribution in [3.63, 3.8) is 0 Å². The first-order valence-electron chi connectivity index (χ1n) is 8.81. The lowest BCUT2D eigenvalue weighted by Crippen LogP contribution is -2.06. The number of furan rings is 1. The standard InChI is InChI=1S/C19H19N3O2S/c1-11-14-4-2-3-5-16(14)24-17(11)15(23)10-25-19-21-20-18(12-6-7-12)22(19)13-8-9-13/h2-5,12-13H,6-10H2,1H3. The maximum atomic E-state index is 12.7. The zero-order valence-electron chi connectivity index (χ0n) is 14.1. The number of fused-ring (bicyclic) bond motifs is 1. The summed E-state index contributed by atoms with van der Waals surface area (Å²) in [6.45, 7) is 1.95. The minimum atomic E-state index is 0.0111. The van der Waals surface area contributed by atoms with Gasteiger partial charge in [-0.3, -0.25) is 4.79 Å². The van der Waals surface area contributed by atoms with Crippen molar-refractivity contribution >= 4 is 28.5 Å². The van der Waals surface area contributed by atoms with Gasteiger partial charge in [-0.2, -0.15) is 0 Å². The second-order valence-electron chi connectivity index (χ2n) is 6.98. The highest BCUT2D eigenvalue weighted by molar-refractivity contribution is 7.99. The first kappa shape index (κ1) is 15.2. The molecule has 3 aromatic rings. The molecule has 5 nitrogen and oxygen atoms in total. The van der Waals surface area contributed by atoms with Crippen molar-refractivity contribution < 1.29 is 9.21 Å². The predicted molar refractivity (Wildman–Crippen MR) is 96.3 cm³/mol. The normalized spacial score (nSPS) is 17.3. The molecule has 25 heavy (non-hydrogen) atoms. The van der Waals surface area contributed by atoms with Crippen molar-refractivity contribution in [2.45, 2.75) is 49.7 Å². The summed E-state index contributed by atoms with van der Waals surface area (Å²) in [5.41, 5.74) is 1.69. The largest absolute Gasteiger partial charge is 0.453 e. The van der Waals surface area contributed by atoms with Gasteiger partial charge in [-0.25, -0.2) is 0 Å². The van der Waals surface area contributed by atoms with E-state index in [1.54, 1.807) is 0 Å². The summed E-state index contributed by atoms with van der Waals surface area (Å²) in [5, 5.41) is 10.7. The van der Waals surface area contributed by atoms with Gasteiger partial charge >= 0.3 is 0 Å². The van der Waals surface area contributed by atoms with Gasteiger partial charge in [-0.1, -0.05) is 30.0 Å². The second-order valence-corrected chi connectivity index (χ2v) is 7.92. The van der Waals surface area contributed by atoms with Gasteiger partial charge in [0.2, 0.25) is 5.78 Å². The molecule has 2 heterocycles. The van der Waals surface area contributed by atoms with Crippen molar-refractivity contribution in [1.29, 1.82) is 0 Å². The zero-order valence-corrected chi connectivity index (χ0v) is 14.9. The molecule has 2 aliphatic rings. The molecule has 0 bridgehead atoms. The summed E-state index contributed by atoms with van der Waals surface area (Å²) < 4.78 is 8.07. The summed E-state index contributed by atoms with van der Waals surface area (Å²) in [4.78, 5) is 12.7. The van der Waals surface area contributed by atoms with Gasteiger partial charge < -0.3 is 8.98 Å². The number of carbonyl (C=O) groups excluding carboxylic acids is 1. The fourth-order valence-electron chi connectivity index (χ4n) is 3.32. The van der Waals surface area contributed by atoms with Crippen molar-refractivity contribution in [3.05, 3.63) is 41.4 Å². The Morgan fingerprint density at radius 2 is 2.04 bits per heavy atom. The van der Waals surface area contributed by atoms with Crippen LogP contribution in [0.1, 0.15) is 59.6 Å². The molecule has 2 saturated carbocycles. The number of aromatic nitrogens is 3. The first-order chi connectivity index (χ1) is 12.2. The molecule has 128 valence electrons. The van der Waals surface area contributed by atoms with Crippen LogP contribution in [0.25, 0.3) is 11.0 Å². The molecule has 2 aliphatic carbocycles. The SMILES string of the molecule is Cc1c(C(=O)CSc2nnc(C3CC3)n2C2CC2)oc2ccccc12. The molecule has 5 rings (SSSR count). The van der Waals surface area contributed by atoms with E-state index < -0.39 is 0 Å². The predicted octanol–water partition coefficient (Wildman–Crippen LogP) is 4.52. The van der Waals surface area contributed by atoms with Crippen molar-refractivity contribution in [2.75, 3.05) is 5.75 Å². The van der Waals surface area contributed by atoms with Crippen LogP contribution < -0.4 is 0 Å². The van der Waals surface area contributed by atoms with Gasteiger partial charge in [0.1, 0.15) is 11.4 Å². The van der Waals surface area contributed by atoms with Crippen LogP contribution in [0.15, 0.2) is 33.8 Å². The number of carbonyl (C=O) groups is 1. The van der Waals surface area contributed by atoms with E-state index in [4.69, 9.17) is 4.42 Å². The molecular weight excluding hydrogens is 334 g/mol. The van der Waals surface area contributed by atoms with Crippen LogP contribution in [0.2, 0.25) is 0 Å². The van der Waals surface area contributed by atoms with Crippen LogP contribution in [0.5, 0.6) is 0 Å². The van der Waals surface area contributed by atoms with E-state index in [-0.39, 0.29) is 5.78 Å². The molecule has 0 unspecified atom stereocenters. The van der Waals surface area contributed by atoms with E-state index in [0.29, 0.717) is 23.5 Å². The molecule has 0 spiro atoms. The first-order valence-corrected chi connectivity index (χ1v) is 9.80. The molecule has 6 heteroatoms. The van der Waals surface area contributed by atoms with Gasteiger partial charge in [-0.15, -0.1) is 10.2 Å². The Bertz CT molecular complexity index is 966. The van der Waals surface area contributed by atoms with Crippen molar-refractivity contribution in [3.8, 4) is 0 Å². The molecule has 0 amide bonds. The van der Waals surface area contributed by atoms with Crippen LogP contribution in [0.3, 0.4) is 0 Å². The average Bonchev–Trinajstić information content (AvgIpc) is 3.56. The van der Waals surface area contributed by atoms with E-state index in [0.717, 1.165) is 27.5 Å². The smallest absolute Gasteiger partial charge is 0.208 e. The number of para-hydroxylation sites is 1. The molecular formula is C19H19N3O2S. The molecule has 0 saturated heterocycles. The number of ketones is 1. The molecule has 1 aromatic carbocycles. The fraction of sp³-hybridized carbons (Fsp3) is 0.421. The van der Waals surface area contributed by atoms with Crippen LogP contribution in [0, 0.1) is 6.92 Å². The van der Waals surface area contributed by atoms with E-state index >= 15 is 0 Å². The number of thioether (sulfide) groups is 1. The van der Waals surface area contributed by atoms with Gasteiger partial charge in [0.25, 0.3) is 0 Å². The molecule has 0 N–H and O–H groups in total. The average molecular weight is 353 g/mol. The third kappa shape index (κ3) is 2.68. The Morgan fingerprint density at radius 1 is 1.24 bits per heavy atom. The maximum absolute atomic E-state index is 12.7. The van der Waals surface area contributed by atoms with Gasteiger partial charge in [0.15, 0.2) is 10.9 Å². The van der Waals surface area contributed by atoms with E-state index in [2.05, 4.69) is 14.8 Å². The summed E-state index contributed by atoms with van der Waals surface area (Å²) >= 11 is 1.48. The van der Waals surface area contributed by atoms with Crippen molar-refractivity contribution in [2.24, 2.45) is 0 Å². The van der Waals surface area contributed by atoms with Crippen molar-refractivity contribution in [1.82, 2.24) is 14.8 Å². The highest BCUT2D eigenvalue weighted by Gasteiger charge is 2.36. The van der Waals surface area contributed by atoms with E-state index in [1.807, 2.05) is 31.2 Å². The van der Waals surface area contributed by atoms with E-state index in [1.165, 1.54) is 37.4 Å². The van der Waals surface area contributed by atoms with Gasteiger partial charge in [0, 0.05) is 22.9 Å². The monoisotopic (exact) mass is 353 g/mol. The number of benzene rings is 1. The van der Waals surface area contributed by atoms with Crippen LogP contribution in [0.4, 0.5) is 0 Å². The van der Waals surface area contributed by atoms with Gasteiger partial charge in [0.05, 0.1) is 5.75 Å². The highest BCUT2D eigenvalue weighted by atomic mass is 32.2. The number of aryl methyl sites for hydroxylation is 1. The Hall–Kier alpha value is -2.08. The summed E-state index contributed by atoms with van der Waals surface area (Å²) in [6, 6.07) is 8.31. The lowest BCUT2D eigenvalue weighted by Gasteiger charge is -2.07. The molecule has 0 atom stereocenters. The Kier molecular flexibility index (Phi) is 3.48. The maximum Gasteiger partial charge on any atom is 0.208 e. The van der Waals surface area contributed by atoms with Gasteiger partial charge in [-0.05, 0) is 38.7 Å². The third-order valence-electron chi connectivity index (χ3n) is 4.97. The Balaban J connectivity index is 1.37. The minimum Gasteiger partial charge on any atom is -0.453 e. The number of nitrogens with zero attached hydrogens (tertiary/aromatic N) is 3. The summed E-state index contributed by atoms with van der Waals surface area (Å²) in [7, 11) is 0. The number of hydrogen-bond donors (Lipinski definition) is 0. The Morgan fingerprint density at radius 3 is 2.76 bits per heavy atom. The fourth-order valence-corrected chi connectivity index (χ4v) is 4.19. The number of Topliss-reactive ketones (excluding diaryl/α,β-unsaturated/α-hetero) is 1. The summed E-state index contributed by atoms with van der Waals surface area (Å²) in [6.07, 6.45) is 4.82. The molecule has 2 aromatic heterocycles. The molecule has 2 fully saturated rings. The summed E-state index contributed by atoms with van der Waals surface area (Å²) in [5.74, 6) is 2.51. The van der Waals surface area contributed by atoms with Crippen LogP contribution in [-0.4, -0.2) is 26.3 Å². The molecule has 0 radical (unpaired) electrons. The lowest BCUT2D eigenvalue weighted by atomic mass is 10.1. The number of rotatable bonds is 6. The quantitative estimate of drug-likeness (QED) is 0.482. The number of hydrogen-bond acceptors (Lipinski definition) is 5. The lowest BCUT2D eigenvalue weighted by molar-refractivity contribution is 0.0993. The second kappa shape index (κ2) is 5.73.